The summed E-state index contributed by atoms with van der Waals surface area (Å²) in [5.74, 6) is 0.732. The third kappa shape index (κ3) is 1.97. The lowest BCUT2D eigenvalue weighted by molar-refractivity contribution is 0.489. The van der Waals surface area contributed by atoms with Crippen molar-refractivity contribution < 1.29 is 4.42 Å². The summed E-state index contributed by atoms with van der Waals surface area (Å²) in [6, 6.07) is 9.06. The van der Waals surface area contributed by atoms with Gasteiger partial charge in [-0.3, -0.25) is 9.36 Å². The van der Waals surface area contributed by atoms with Crippen LogP contribution in [0.3, 0.4) is 0 Å². The SMILES string of the molecule is O=c1c2ccc(Br)cc2ncn1Cc1ccco1. The van der Waals surface area contributed by atoms with Crippen LogP contribution in [0, 0.1) is 0 Å². The molecule has 5 heteroatoms. The lowest BCUT2D eigenvalue weighted by atomic mass is 10.2. The summed E-state index contributed by atoms with van der Waals surface area (Å²) in [7, 11) is 0. The quantitative estimate of drug-likeness (QED) is 0.731. The van der Waals surface area contributed by atoms with Crippen LogP contribution in [0.1, 0.15) is 5.76 Å². The summed E-state index contributed by atoms with van der Waals surface area (Å²) < 4.78 is 7.67. The first-order valence-electron chi connectivity index (χ1n) is 5.41. The zero-order valence-electron chi connectivity index (χ0n) is 9.34. The van der Waals surface area contributed by atoms with Gasteiger partial charge in [0, 0.05) is 4.47 Å². The van der Waals surface area contributed by atoms with Crippen molar-refractivity contribution in [1.29, 1.82) is 0 Å². The third-order valence-electron chi connectivity index (χ3n) is 2.69. The largest absolute Gasteiger partial charge is 0.467 e. The maximum atomic E-state index is 12.2. The summed E-state index contributed by atoms with van der Waals surface area (Å²) in [5.41, 5.74) is 0.619. The molecule has 90 valence electrons. The smallest absolute Gasteiger partial charge is 0.261 e. The molecule has 0 unspecified atom stereocenters. The van der Waals surface area contributed by atoms with Gasteiger partial charge < -0.3 is 4.42 Å². The van der Waals surface area contributed by atoms with Gasteiger partial charge in [0.05, 0.1) is 30.0 Å². The summed E-state index contributed by atoms with van der Waals surface area (Å²) in [5, 5.41) is 0.604. The minimum absolute atomic E-state index is 0.0658. The molecule has 0 spiro atoms. The highest BCUT2D eigenvalue weighted by Crippen LogP contribution is 2.15. The van der Waals surface area contributed by atoms with Crippen LogP contribution in [0.4, 0.5) is 0 Å². The van der Waals surface area contributed by atoms with Crippen molar-refractivity contribution >= 4 is 26.8 Å². The summed E-state index contributed by atoms with van der Waals surface area (Å²) in [6.45, 7) is 0.394. The number of halogens is 1. The van der Waals surface area contributed by atoms with E-state index in [2.05, 4.69) is 20.9 Å². The molecular weight excluding hydrogens is 296 g/mol. The van der Waals surface area contributed by atoms with Gasteiger partial charge in [0.25, 0.3) is 5.56 Å². The van der Waals surface area contributed by atoms with Crippen LogP contribution < -0.4 is 5.56 Å². The molecule has 18 heavy (non-hydrogen) atoms. The van der Waals surface area contributed by atoms with E-state index in [0.29, 0.717) is 17.4 Å². The molecule has 0 aliphatic rings. The van der Waals surface area contributed by atoms with E-state index in [4.69, 9.17) is 4.42 Å². The van der Waals surface area contributed by atoms with E-state index < -0.39 is 0 Å². The van der Waals surface area contributed by atoms with Gasteiger partial charge in [-0.1, -0.05) is 15.9 Å². The zero-order chi connectivity index (χ0) is 12.5. The van der Waals surface area contributed by atoms with Gasteiger partial charge in [-0.05, 0) is 30.3 Å². The number of aromatic nitrogens is 2. The molecule has 0 N–H and O–H groups in total. The van der Waals surface area contributed by atoms with Crippen molar-refractivity contribution in [1.82, 2.24) is 9.55 Å². The second kappa shape index (κ2) is 4.42. The van der Waals surface area contributed by atoms with E-state index in [9.17, 15) is 4.79 Å². The summed E-state index contributed by atoms with van der Waals surface area (Å²) in [6.07, 6.45) is 3.13. The number of fused-ring (bicyclic) bond motifs is 1. The highest BCUT2D eigenvalue weighted by molar-refractivity contribution is 9.10. The molecule has 0 aliphatic carbocycles. The highest BCUT2D eigenvalue weighted by Gasteiger charge is 2.06. The fourth-order valence-corrected chi connectivity index (χ4v) is 2.16. The fraction of sp³-hybridized carbons (Fsp3) is 0.0769. The molecule has 0 saturated carbocycles. The Morgan fingerprint density at radius 2 is 2.22 bits per heavy atom. The number of nitrogens with zero attached hydrogens (tertiary/aromatic N) is 2. The fourth-order valence-electron chi connectivity index (χ4n) is 1.81. The van der Waals surface area contributed by atoms with E-state index in [1.54, 1.807) is 24.7 Å². The first-order valence-corrected chi connectivity index (χ1v) is 6.20. The molecule has 3 aromatic rings. The second-order valence-corrected chi connectivity index (χ2v) is 4.83. The molecule has 0 radical (unpaired) electrons. The van der Waals surface area contributed by atoms with E-state index in [0.717, 1.165) is 10.2 Å². The molecule has 0 saturated heterocycles. The molecule has 3 rings (SSSR count). The Balaban J connectivity index is 2.12. The molecule has 0 aliphatic heterocycles. The first kappa shape index (κ1) is 11.2. The van der Waals surface area contributed by atoms with Crippen LogP contribution >= 0.6 is 15.9 Å². The Kier molecular flexibility index (Phi) is 2.76. The van der Waals surface area contributed by atoms with Gasteiger partial charge in [0.15, 0.2) is 0 Å². The van der Waals surface area contributed by atoms with Gasteiger partial charge in [0.1, 0.15) is 5.76 Å². The predicted molar refractivity (Wildman–Crippen MR) is 71.5 cm³/mol. The number of benzene rings is 1. The van der Waals surface area contributed by atoms with Crippen molar-refractivity contribution in [3.05, 3.63) is 63.5 Å². The number of hydrogen-bond acceptors (Lipinski definition) is 3. The molecule has 2 aromatic heterocycles. The van der Waals surface area contributed by atoms with Crippen LogP contribution in [0.2, 0.25) is 0 Å². The minimum atomic E-state index is -0.0658. The zero-order valence-corrected chi connectivity index (χ0v) is 10.9. The van der Waals surface area contributed by atoms with Gasteiger partial charge in [-0.25, -0.2) is 4.98 Å². The molecule has 0 amide bonds. The molecule has 0 atom stereocenters. The van der Waals surface area contributed by atoms with Crippen molar-refractivity contribution in [3.63, 3.8) is 0 Å². The molecule has 1 aromatic carbocycles. The monoisotopic (exact) mass is 304 g/mol. The molecule has 4 nitrogen and oxygen atoms in total. The lowest BCUT2D eigenvalue weighted by Crippen LogP contribution is -2.20. The topological polar surface area (TPSA) is 48.0 Å². The number of hydrogen-bond donors (Lipinski definition) is 0. The van der Waals surface area contributed by atoms with Crippen LogP contribution in [0.25, 0.3) is 10.9 Å². The molecule has 0 fully saturated rings. The second-order valence-electron chi connectivity index (χ2n) is 3.92. The van der Waals surface area contributed by atoms with Crippen molar-refractivity contribution in [2.75, 3.05) is 0 Å². The van der Waals surface area contributed by atoms with Crippen LogP contribution in [0.5, 0.6) is 0 Å². The molecule has 2 heterocycles. The van der Waals surface area contributed by atoms with Gasteiger partial charge in [0.2, 0.25) is 0 Å². The number of rotatable bonds is 2. The van der Waals surface area contributed by atoms with E-state index in [1.807, 2.05) is 18.2 Å². The van der Waals surface area contributed by atoms with E-state index in [1.165, 1.54) is 4.57 Å². The maximum Gasteiger partial charge on any atom is 0.261 e. The normalized spacial score (nSPS) is 10.9. The van der Waals surface area contributed by atoms with Gasteiger partial charge in [-0.15, -0.1) is 0 Å². The Morgan fingerprint density at radius 3 is 3.00 bits per heavy atom. The lowest BCUT2D eigenvalue weighted by Gasteiger charge is -2.04. The summed E-state index contributed by atoms with van der Waals surface area (Å²) >= 11 is 3.36. The standard InChI is InChI=1S/C13H9BrN2O2/c14-9-3-4-11-12(6-9)15-8-16(13(11)17)7-10-2-1-5-18-10/h1-6,8H,7H2. The van der Waals surface area contributed by atoms with Crippen molar-refractivity contribution in [2.45, 2.75) is 6.54 Å². The van der Waals surface area contributed by atoms with Crippen molar-refractivity contribution in [2.24, 2.45) is 0 Å². The van der Waals surface area contributed by atoms with Gasteiger partial charge >= 0.3 is 0 Å². The third-order valence-corrected chi connectivity index (χ3v) is 3.19. The highest BCUT2D eigenvalue weighted by atomic mass is 79.9. The maximum absolute atomic E-state index is 12.2. The Labute approximate surface area is 111 Å². The van der Waals surface area contributed by atoms with Crippen LogP contribution in [0.15, 0.2) is 56.6 Å². The minimum Gasteiger partial charge on any atom is -0.467 e. The Hall–Kier alpha value is -1.88. The van der Waals surface area contributed by atoms with Crippen LogP contribution in [-0.4, -0.2) is 9.55 Å². The van der Waals surface area contributed by atoms with E-state index >= 15 is 0 Å². The van der Waals surface area contributed by atoms with E-state index in [-0.39, 0.29) is 5.56 Å². The molecule has 0 bridgehead atoms. The van der Waals surface area contributed by atoms with Crippen molar-refractivity contribution in [3.8, 4) is 0 Å². The van der Waals surface area contributed by atoms with Gasteiger partial charge in [-0.2, -0.15) is 0 Å². The Morgan fingerprint density at radius 1 is 1.33 bits per heavy atom. The first-order chi connectivity index (χ1) is 8.74. The predicted octanol–water partition coefficient (Wildman–Crippen LogP) is 2.80. The average molecular weight is 305 g/mol. The molecular formula is C13H9BrN2O2. The average Bonchev–Trinajstić information content (AvgIpc) is 2.85. The van der Waals surface area contributed by atoms with Crippen LogP contribution in [-0.2, 0) is 6.54 Å². The number of furan rings is 1. The Bertz CT molecular complexity index is 747. The summed E-state index contributed by atoms with van der Waals surface area (Å²) in [4.78, 5) is 16.5.